The minimum Gasteiger partial charge on any atom is -0.388 e. The highest BCUT2D eigenvalue weighted by Crippen LogP contribution is 2.30. The number of amides is 1. The Morgan fingerprint density at radius 2 is 2.32 bits per heavy atom. The van der Waals surface area contributed by atoms with E-state index in [-0.39, 0.29) is 12.3 Å². The highest BCUT2D eigenvalue weighted by Gasteiger charge is 2.36. The van der Waals surface area contributed by atoms with Crippen LogP contribution in [0.25, 0.3) is 0 Å². The molecular formula is C16H22N4O2. The Morgan fingerprint density at radius 1 is 1.59 bits per heavy atom. The Labute approximate surface area is 130 Å². The summed E-state index contributed by atoms with van der Waals surface area (Å²) in [4.78, 5) is 18.0. The Bertz CT molecular complexity index is 623. The van der Waals surface area contributed by atoms with Crippen molar-refractivity contribution in [3.63, 3.8) is 0 Å². The molecule has 0 aliphatic carbocycles. The van der Waals surface area contributed by atoms with Gasteiger partial charge in [-0.3, -0.25) is 4.79 Å². The van der Waals surface area contributed by atoms with Gasteiger partial charge in [0.1, 0.15) is 11.9 Å². The molecule has 2 rings (SSSR count). The van der Waals surface area contributed by atoms with Gasteiger partial charge in [-0.1, -0.05) is 0 Å². The molecule has 1 unspecified atom stereocenters. The Hall–Kier alpha value is -2.13. The summed E-state index contributed by atoms with van der Waals surface area (Å²) in [6, 6.07) is 4.08. The van der Waals surface area contributed by atoms with E-state index in [2.05, 4.69) is 16.4 Å². The minimum atomic E-state index is -1.08. The van der Waals surface area contributed by atoms with Crippen molar-refractivity contribution in [1.82, 2.24) is 10.3 Å². The third-order valence-corrected chi connectivity index (χ3v) is 4.06. The third kappa shape index (κ3) is 3.37. The van der Waals surface area contributed by atoms with E-state index in [1.807, 2.05) is 24.8 Å². The normalized spacial score (nSPS) is 21.3. The van der Waals surface area contributed by atoms with Crippen LogP contribution in [-0.4, -0.2) is 41.7 Å². The predicted molar refractivity (Wildman–Crippen MR) is 83.5 cm³/mol. The summed E-state index contributed by atoms with van der Waals surface area (Å²) < 4.78 is 0. The molecular weight excluding hydrogens is 280 g/mol. The maximum atomic E-state index is 11.6. The van der Waals surface area contributed by atoms with Gasteiger partial charge in [0, 0.05) is 25.8 Å². The van der Waals surface area contributed by atoms with Gasteiger partial charge in [-0.2, -0.15) is 5.26 Å². The van der Waals surface area contributed by atoms with E-state index in [0.717, 1.165) is 24.2 Å². The number of carbonyl (C=O) groups is 1. The Balaban J connectivity index is 2.30. The average molecular weight is 302 g/mol. The number of hydrogen-bond donors (Lipinski definition) is 2. The minimum absolute atomic E-state index is 0.0622. The number of hydrogen-bond acceptors (Lipinski definition) is 5. The molecule has 0 bridgehead atoms. The largest absolute Gasteiger partial charge is 0.388 e. The van der Waals surface area contributed by atoms with E-state index in [9.17, 15) is 15.2 Å². The zero-order valence-electron chi connectivity index (χ0n) is 13.3. The first-order valence-corrected chi connectivity index (χ1v) is 7.45. The van der Waals surface area contributed by atoms with Gasteiger partial charge in [-0.05, 0) is 38.3 Å². The van der Waals surface area contributed by atoms with E-state index in [4.69, 9.17) is 0 Å². The van der Waals surface area contributed by atoms with Gasteiger partial charge in [0.2, 0.25) is 5.91 Å². The van der Waals surface area contributed by atoms with Crippen molar-refractivity contribution in [3.05, 3.63) is 22.9 Å². The van der Waals surface area contributed by atoms with Crippen LogP contribution in [0.5, 0.6) is 0 Å². The van der Waals surface area contributed by atoms with Crippen molar-refractivity contribution in [2.75, 3.05) is 25.0 Å². The molecule has 0 spiro atoms. The van der Waals surface area contributed by atoms with E-state index in [0.29, 0.717) is 24.3 Å². The van der Waals surface area contributed by atoms with Crippen LogP contribution in [0, 0.1) is 25.2 Å². The van der Waals surface area contributed by atoms with Crippen LogP contribution in [-0.2, 0) is 4.79 Å². The summed E-state index contributed by atoms with van der Waals surface area (Å²) in [6.45, 7) is 4.81. The van der Waals surface area contributed by atoms with Gasteiger partial charge in [0.05, 0.1) is 17.6 Å². The smallest absolute Gasteiger partial charge is 0.222 e. The number of aromatic nitrogens is 1. The second kappa shape index (κ2) is 6.32. The molecule has 0 saturated carbocycles. The monoisotopic (exact) mass is 302 g/mol. The lowest BCUT2D eigenvalue weighted by Gasteiger charge is -2.40. The lowest BCUT2D eigenvalue weighted by Crippen LogP contribution is -2.50. The van der Waals surface area contributed by atoms with Crippen molar-refractivity contribution < 1.29 is 9.90 Å². The zero-order chi connectivity index (χ0) is 16.3. The molecule has 6 heteroatoms. The molecule has 22 heavy (non-hydrogen) atoms. The van der Waals surface area contributed by atoms with Crippen LogP contribution in [0.1, 0.15) is 36.1 Å². The van der Waals surface area contributed by atoms with Gasteiger partial charge in [-0.25, -0.2) is 4.98 Å². The fraction of sp³-hybridized carbons (Fsp3) is 0.562. The number of β-amino-alcohol motifs (C(OH)–C–C–N with tert-alkyl or cyclic N) is 1. The van der Waals surface area contributed by atoms with Gasteiger partial charge < -0.3 is 15.3 Å². The number of nitriles is 1. The number of rotatable bonds is 3. The topological polar surface area (TPSA) is 89.2 Å². The molecule has 1 amide bonds. The first kappa shape index (κ1) is 16.2. The fourth-order valence-electron chi connectivity index (χ4n) is 3.01. The quantitative estimate of drug-likeness (QED) is 0.870. The van der Waals surface area contributed by atoms with Crippen molar-refractivity contribution in [3.8, 4) is 6.07 Å². The molecule has 6 nitrogen and oxygen atoms in total. The highest BCUT2D eigenvalue weighted by atomic mass is 16.3. The lowest BCUT2D eigenvalue weighted by molar-refractivity contribution is -0.125. The first-order valence-electron chi connectivity index (χ1n) is 7.45. The number of nitrogens with one attached hydrogen (secondary N) is 1. The van der Waals surface area contributed by atoms with Crippen molar-refractivity contribution >= 4 is 11.7 Å². The fourth-order valence-corrected chi connectivity index (χ4v) is 3.01. The molecule has 0 radical (unpaired) electrons. The van der Waals surface area contributed by atoms with Crippen LogP contribution in [0.15, 0.2) is 6.07 Å². The summed E-state index contributed by atoms with van der Waals surface area (Å²) in [7, 11) is 1.56. The highest BCUT2D eigenvalue weighted by molar-refractivity contribution is 5.76. The zero-order valence-corrected chi connectivity index (χ0v) is 13.3. The summed E-state index contributed by atoms with van der Waals surface area (Å²) in [5.41, 5.74) is 1.18. The molecule has 0 aromatic carbocycles. The van der Waals surface area contributed by atoms with Crippen LogP contribution < -0.4 is 10.2 Å². The number of pyridine rings is 1. The van der Waals surface area contributed by atoms with Gasteiger partial charge >= 0.3 is 0 Å². The third-order valence-electron chi connectivity index (χ3n) is 4.06. The van der Waals surface area contributed by atoms with E-state index < -0.39 is 5.60 Å². The summed E-state index contributed by atoms with van der Waals surface area (Å²) >= 11 is 0. The molecule has 1 aromatic heterocycles. The van der Waals surface area contributed by atoms with Crippen molar-refractivity contribution in [2.45, 2.75) is 38.7 Å². The van der Waals surface area contributed by atoms with Gasteiger partial charge in [-0.15, -0.1) is 0 Å². The number of nitrogens with zero attached hydrogens (tertiary/aromatic N) is 3. The molecule has 1 saturated heterocycles. The number of piperidine rings is 1. The van der Waals surface area contributed by atoms with Crippen LogP contribution in [0.4, 0.5) is 5.82 Å². The summed E-state index contributed by atoms with van der Waals surface area (Å²) in [5.74, 6) is 0.424. The maximum absolute atomic E-state index is 11.6. The molecule has 1 aromatic rings. The Kier molecular flexibility index (Phi) is 4.67. The lowest BCUT2D eigenvalue weighted by atomic mass is 9.89. The van der Waals surface area contributed by atoms with Gasteiger partial charge in [0.15, 0.2) is 0 Å². The summed E-state index contributed by atoms with van der Waals surface area (Å²) in [5, 5.41) is 22.6. The SMILES string of the molecule is CNC(=O)CC1(O)CCCN(c2nc(C)cc(C)c2C#N)C1. The standard InChI is InChI=1S/C16H22N4O2/c1-11-7-12(2)19-15(13(11)9-17)20-6-4-5-16(22,10-20)8-14(21)18-3/h7,22H,4-6,8,10H2,1-3H3,(H,18,21). The molecule has 1 aliphatic heterocycles. The molecule has 1 atom stereocenters. The summed E-state index contributed by atoms with van der Waals surface area (Å²) in [6.07, 6.45) is 1.39. The number of aliphatic hydroxyl groups is 1. The number of carbonyl (C=O) groups excluding carboxylic acids is 1. The van der Waals surface area contributed by atoms with Crippen LogP contribution >= 0.6 is 0 Å². The number of aryl methyl sites for hydroxylation is 2. The van der Waals surface area contributed by atoms with Gasteiger partial charge in [0.25, 0.3) is 0 Å². The van der Waals surface area contributed by atoms with Crippen LogP contribution in [0.2, 0.25) is 0 Å². The van der Waals surface area contributed by atoms with E-state index in [1.54, 1.807) is 7.05 Å². The molecule has 2 N–H and O–H groups in total. The second-order valence-electron chi connectivity index (χ2n) is 5.99. The van der Waals surface area contributed by atoms with Crippen LogP contribution in [0.3, 0.4) is 0 Å². The van der Waals surface area contributed by atoms with E-state index >= 15 is 0 Å². The maximum Gasteiger partial charge on any atom is 0.222 e. The molecule has 118 valence electrons. The Morgan fingerprint density at radius 3 is 2.95 bits per heavy atom. The molecule has 1 aliphatic rings. The second-order valence-corrected chi connectivity index (χ2v) is 5.99. The predicted octanol–water partition coefficient (Wildman–Crippen LogP) is 1.04. The molecule has 2 heterocycles. The van der Waals surface area contributed by atoms with E-state index in [1.165, 1.54) is 0 Å². The van der Waals surface area contributed by atoms with Crippen molar-refractivity contribution in [2.24, 2.45) is 0 Å². The number of anilines is 1. The average Bonchev–Trinajstić information content (AvgIpc) is 2.46. The first-order chi connectivity index (χ1) is 10.4. The molecule has 1 fully saturated rings. The van der Waals surface area contributed by atoms with Crippen molar-refractivity contribution in [1.29, 1.82) is 5.26 Å².